The van der Waals surface area contributed by atoms with Crippen LogP contribution in [0.25, 0.3) is 11.0 Å². The Morgan fingerprint density at radius 2 is 1.79 bits per heavy atom. The molecule has 3 aromatic rings. The van der Waals surface area contributed by atoms with Crippen LogP contribution in [0, 0.1) is 0 Å². The van der Waals surface area contributed by atoms with Crippen LogP contribution in [0.15, 0.2) is 53.4 Å². The Kier molecular flexibility index (Phi) is 4.48. The highest BCUT2D eigenvalue weighted by atomic mass is 32.2. The maximum Gasteiger partial charge on any atom is 0.341 e. The van der Waals surface area contributed by atoms with Crippen molar-refractivity contribution in [2.45, 2.75) is 17.1 Å². The zero-order valence-electron chi connectivity index (χ0n) is 12.5. The van der Waals surface area contributed by atoms with Gasteiger partial charge in [-0.3, -0.25) is 0 Å². The maximum absolute atomic E-state index is 12.5. The second kappa shape index (κ2) is 6.56. The van der Waals surface area contributed by atoms with Gasteiger partial charge in [0.1, 0.15) is 5.82 Å². The number of hydrogen-bond acceptors (Lipinski definition) is 4. The fourth-order valence-electron chi connectivity index (χ4n) is 2.31. The minimum absolute atomic E-state index is 0.389. The van der Waals surface area contributed by atoms with Crippen LogP contribution < -0.4 is 5.32 Å². The molecule has 1 heterocycles. The maximum atomic E-state index is 12.5. The third kappa shape index (κ3) is 3.38. The predicted molar refractivity (Wildman–Crippen MR) is 87.9 cm³/mol. The van der Waals surface area contributed by atoms with Crippen molar-refractivity contribution in [3.63, 3.8) is 0 Å². The highest BCUT2D eigenvalue weighted by Gasteiger charge is 2.26. The summed E-state index contributed by atoms with van der Waals surface area (Å²) >= 11 is 0. The molecule has 5 nitrogen and oxygen atoms in total. The van der Waals surface area contributed by atoms with Gasteiger partial charge in [0.15, 0.2) is 0 Å². The van der Waals surface area contributed by atoms with Crippen molar-refractivity contribution in [3.8, 4) is 0 Å². The number of imidazole rings is 1. The molecule has 2 N–H and O–H groups in total. The summed E-state index contributed by atoms with van der Waals surface area (Å²) in [5.41, 5.74) is 2.52. The fourth-order valence-corrected chi connectivity index (χ4v) is 3.04. The molecule has 0 amide bonds. The van der Waals surface area contributed by atoms with Gasteiger partial charge in [0.25, 0.3) is 0 Å². The van der Waals surface area contributed by atoms with Crippen LogP contribution in [-0.2, 0) is 16.3 Å². The Balaban J connectivity index is 1.61. The van der Waals surface area contributed by atoms with Crippen LogP contribution >= 0.6 is 0 Å². The van der Waals surface area contributed by atoms with Gasteiger partial charge < -0.3 is 10.3 Å². The van der Waals surface area contributed by atoms with E-state index < -0.39 is 15.6 Å². The number of fused-ring (bicyclic) bond motifs is 1. The summed E-state index contributed by atoms with van der Waals surface area (Å²) in [7, 11) is -4.55. The average Bonchev–Trinajstić information content (AvgIpc) is 2.98. The zero-order valence-corrected chi connectivity index (χ0v) is 13.4. The molecule has 2 aromatic carbocycles. The van der Waals surface area contributed by atoms with Crippen molar-refractivity contribution in [2.24, 2.45) is 0 Å². The van der Waals surface area contributed by atoms with E-state index in [1.54, 1.807) is 0 Å². The number of benzene rings is 2. The van der Waals surface area contributed by atoms with E-state index in [9.17, 15) is 17.2 Å². The van der Waals surface area contributed by atoms with E-state index in [2.05, 4.69) is 15.3 Å². The number of para-hydroxylation sites is 2. The van der Waals surface area contributed by atoms with Crippen molar-refractivity contribution in [1.29, 1.82) is 0 Å². The lowest BCUT2D eigenvalue weighted by atomic mass is 10.3. The molecule has 126 valence electrons. The minimum atomic E-state index is -4.55. The fraction of sp³-hybridized carbons (Fsp3) is 0.188. The van der Waals surface area contributed by atoms with E-state index in [0.717, 1.165) is 16.9 Å². The van der Waals surface area contributed by atoms with Crippen LogP contribution in [0.4, 0.5) is 14.5 Å². The molecular formula is C16H15F2N3O2S. The number of alkyl halides is 2. The summed E-state index contributed by atoms with van der Waals surface area (Å²) in [6.07, 6.45) is 0.645. The van der Waals surface area contributed by atoms with E-state index in [1.807, 2.05) is 24.3 Å². The third-order valence-electron chi connectivity index (χ3n) is 3.55. The first kappa shape index (κ1) is 16.4. The van der Waals surface area contributed by atoms with Crippen LogP contribution in [0.5, 0.6) is 0 Å². The molecule has 0 bridgehead atoms. The Morgan fingerprint density at radius 3 is 2.46 bits per heavy atom. The normalized spacial score (nSPS) is 12.0. The lowest BCUT2D eigenvalue weighted by molar-refractivity contribution is 0.234. The summed E-state index contributed by atoms with van der Waals surface area (Å²) < 4.78 is 47.6. The average molecular weight is 351 g/mol. The topological polar surface area (TPSA) is 74.8 Å². The standard InChI is InChI=1S/C16H15F2N3O2S/c17-16(18)24(22,23)12-7-5-11(6-8-12)19-10-9-15-20-13-3-1-2-4-14(13)21-15/h1-8,16,19H,9-10H2,(H,20,21). The van der Waals surface area contributed by atoms with Gasteiger partial charge in [-0.15, -0.1) is 0 Å². The van der Waals surface area contributed by atoms with Gasteiger partial charge in [0, 0.05) is 18.7 Å². The summed E-state index contributed by atoms with van der Waals surface area (Å²) in [4.78, 5) is 7.27. The quantitative estimate of drug-likeness (QED) is 0.715. The monoisotopic (exact) mass is 351 g/mol. The minimum Gasteiger partial charge on any atom is -0.385 e. The second-order valence-corrected chi connectivity index (χ2v) is 7.13. The number of sulfone groups is 1. The number of nitrogens with zero attached hydrogens (tertiary/aromatic N) is 1. The Morgan fingerprint density at radius 1 is 1.08 bits per heavy atom. The van der Waals surface area contributed by atoms with Crippen molar-refractivity contribution >= 4 is 26.6 Å². The number of halogens is 2. The molecule has 0 aliphatic carbocycles. The first-order valence-electron chi connectivity index (χ1n) is 7.26. The van der Waals surface area contributed by atoms with Gasteiger partial charge in [-0.2, -0.15) is 8.78 Å². The van der Waals surface area contributed by atoms with Gasteiger partial charge in [-0.1, -0.05) is 12.1 Å². The smallest absolute Gasteiger partial charge is 0.341 e. The van der Waals surface area contributed by atoms with Gasteiger partial charge in [0.2, 0.25) is 9.84 Å². The summed E-state index contributed by atoms with van der Waals surface area (Å²) in [6, 6.07) is 13.0. The second-order valence-electron chi connectivity index (χ2n) is 5.21. The van der Waals surface area contributed by atoms with Crippen LogP contribution in [0.2, 0.25) is 0 Å². The molecule has 3 rings (SSSR count). The molecule has 0 fully saturated rings. The Bertz CT molecular complexity index is 904. The zero-order chi connectivity index (χ0) is 17.2. The van der Waals surface area contributed by atoms with Gasteiger partial charge in [0.05, 0.1) is 15.9 Å². The summed E-state index contributed by atoms with van der Waals surface area (Å²) in [5.74, 6) is -2.58. The molecule has 1 aromatic heterocycles. The molecule has 0 unspecified atom stereocenters. The van der Waals surface area contributed by atoms with Gasteiger partial charge in [-0.25, -0.2) is 13.4 Å². The Labute approximate surface area is 137 Å². The number of H-pyrrole nitrogens is 1. The van der Waals surface area contributed by atoms with E-state index in [-0.39, 0.29) is 4.90 Å². The molecule has 0 aliphatic rings. The van der Waals surface area contributed by atoms with E-state index in [0.29, 0.717) is 18.7 Å². The number of rotatable bonds is 6. The van der Waals surface area contributed by atoms with E-state index >= 15 is 0 Å². The molecule has 0 saturated carbocycles. The molecule has 24 heavy (non-hydrogen) atoms. The molecule has 0 atom stereocenters. The number of nitrogens with one attached hydrogen (secondary N) is 2. The molecule has 0 saturated heterocycles. The van der Waals surface area contributed by atoms with Crippen molar-refractivity contribution in [1.82, 2.24) is 9.97 Å². The van der Waals surface area contributed by atoms with Gasteiger partial charge >= 0.3 is 5.76 Å². The highest BCUT2D eigenvalue weighted by molar-refractivity contribution is 7.91. The highest BCUT2D eigenvalue weighted by Crippen LogP contribution is 2.20. The van der Waals surface area contributed by atoms with Gasteiger partial charge in [-0.05, 0) is 36.4 Å². The largest absolute Gasteiger partial charge is 0.385 e. The Hall–Kier alpha value is -2.48. The first-order chi connectivity index (χ1) is 11.5. The summed E-state index contributed by atoms with van der Waals surface area (Å²) in [6.45, 7) is 0.570. The number of aromatic amines is 1. The molecule has 8 heteroatoms. The third-order valence-corrected chi connectivity index (χ3v) is 4.95. The predicted octanol–water partition coefficient (Wildman–Crippen LogP) is 3.21. The lowest BCUT2D eigenvalue weighted by Crippen LogP contribution is -2.11. The number of hydrogen-bond donors (Lipinski definition) is 2. The van der Waals surface area contributed by atoms with E-state index in [4.69, 9.17) is 0 Å². The van der Waals surface area contributed by atoms with Crippen molar-refractivity contribution < 1.29 is 17.2 Å². The van der Waals surface area contributed by atoms with Crippen molar-refractivity contribution in [3.05, 3.63) is 54.4 Å². The molecular weight excluding hydrogens is 336 g/mol. The summed E-state index contributed by atoms with van der Waals surface area (Å²) in [5, 5.41) is 3.10. The molecule has 0 radical (unpaired) electrons. The van der Waals surface area contributed by atoms with Crippen LogP contribution in [0.3, 0.4) is 0 Å². The molecule has 0 aliphatic heterocycles. The van der Waals surface area contributed by atoms with Crippen molar-refractivity contribution in [2.75, 3.05) is 11.9 Å². The molecule has 0 spiro atoms. The van der Waals surface area contributed by atoms with Crippen LogP contribution in [0.1, 0.15) is 5.82 Å². The lowest BCUT2D eigenvalue weighted by Gasteiger charge is -2.07. The number of anilines is 1. The SMILES string of the molecule is O=S(=O)(c1ccc(NCCc2nc3ccccc3[nH]2)cc1)C(F)F. The van der Waals surface area contributed by atoms with E-state index in [1.165, 1.54) is 24.3 Å². The first-order valence-corrected chi connectivity index (χ1v) is 8.81. The number of aromatic nitrogens is 2. The van der Waals surface area contributed by atoms with Crippen LogP contribution in [-0.4, -0.2) is 30.7 Å².